The molecule has 0 bridgehead atoms. The molecule has 9 nitrogen and oxygen atoms in total. The summed E-state index contributed by atoms with van der Waals surface area (Å²) >= 11 is 1.85. The summed E-state index contributed by atoms with van der Waals surface area (Å²) in [6.45, 7) is 8.74. The molecule has 10 heteroatoms. The number of H-pyrrole nitrogens is 1. The Kier molecular flexibility index (Phi) is 7.38. The van der Waals surface area contributed by atoms with Gasteiger partial charge < -0.3 is 20.3 Å². The number of thiophene rings is 1. The average Bonchev–Trinajstić information content (AvgIpc) is 3.27. The highest BCUT2D eigenvalue weighted by Crippen LogP contribution is 2.29. The van der Waals surface area contributed by atoms with E-state index in [4.69, 9.17) is 15.6 Å². The molecular formula is C24H34N7O2S+. The summed E-state index contributed by atoms with van der Waals surface area (Å²) < 4.78 is 5.25. The first-order valence-electron chi connectivity index (χ1n) is 11.7. The summed E-state index contributed by atoms with van der Waals surface area (Å²) in [5.74, 6) is 7.03. The van der Waals surface area contributed by atoms with Crippen LogP contribution in [0.25, 0.3) is 11.0 Å². The van der Waals surface area contributed by atoms with Crippen molar-refractivity contribution in [2.75, 3.05) is 35.3 Å². The number of carbonyl (C=O) groups excluding carboxylic acids is 1. The fraction of sp³-hybridized carbons (Fsp3) is 0.458. The minimum Gasteiger partial charge on any atom is -0.444 e. The van der Waals surface area contributed by atoms with E-state index in [9.17, 15) is 4.79 Å². The number of nitrogen functional groups attached to an aromatic ring is 1. The molecule has 0 aliphatic carbocycles. The third kappa shape index (κ3) is 6.06. The van der Waals surface area contributed by atoms with E-state index in [1.54, 1.807) is 0 Å². The van der Waals surface area contributed by atoms with Gasteiger partial charge in [-0.1, -0.05) is 0 Å². The molecule has 1 aliphatic heterocycles. The van der Waals surface area contributed by atoms with E-state index in [0.717, 1.165) is 49.1 Å². The number of aromatic nitrogens is 2. The molecule has 0 saturated heterocycles. The number of anilines is 3. The maximum absolute atomic E-state index is 11.7. The lowest BCUT2D eigenvalue weighted by molar-refractivity contribution is -0.327. The molecule has 3 aromatic rings. The van der Waals surface area contributed by atoms with Crippen LogP contribution in [0.15, 0.2) is 29.6 Å². The molecule has 1 amide bonds. The van der Waals surface area contributed by atoms with E-state index in [2.05, 4.69) is 49.5 Å². The van der Waals surface area contributed by atoms with Crippen LogP contribution in [0.3, 0.4) is 0 Å². The maximum atomic E-state index is 11.7. The number of amides is 1. The molecule has 1 aromatic carbocycles. The van der Waals surface area contributed by atoms with Crippen LogP contribution in [-0.2, 0) is 17.7 Å². The van der Waals surface area contributed by atoms with Crippen LogP contribution in [-0.4, -0.2) is 36.3 Å². The molecule has 0 fully saturated rings. The van der Waals surface area contributed by atoms with Gasteiger partial charge in [0.15, 0.2) is 5.52 Å². The number of benzene rings is 1. The van der Waals surface area contributed by atoms with Crippen molar-refractivity contribution in [2.24, 2.45) is 5.84 Å². The number of carbonyl (C=O) groups is 1. The van der Waals surface area contributed by atoms with Crippen molar-refractivity contribution in [3.05, 3.63) is 40.1 Å². The summed E-state index contributed by atoms with van der Waals surface area (Å²) in [6, 6.07) is 8.53. The molecule has 4 rings (SSSR count). The minimum atomic E-state index is -0.490. The quantitative estimate of drug-likeness (QED) is 0.219. The zero-order valence-corrected chi connectivity index (χ0v) is 20.8. The average molecular weight is 485 g/mol. The molecule has 0 saturated carbocycles. The summed E-state index contributed by atoms with van der Waals surface area (Å²) in [5, 5.41) is 8.31. The lowest BCUT2D eigenvalue weighted by Gasteiger charge is -2.29. The zero-order chi connectivity index (χ0) is 24.1. The Morgan fingerprint density at radius 3 is 2.88 bits per heavy atom. The first-order chi connectivity index (χ1) is 16.3. The van der Waals surface area contributed by atoms with Crippen LogP contribution in [0.2, 0.25) is 0 Å². The predicted molar refractivity (Wildman–Crippen MR) is 137 cm³/mol. The highest BCUT2D eigenvalue weighted by Gasteiger charge is 2.20. The normalized spacial score (nSPS) is 13.5. The van der Waals surface area contributed by atoms with Crippen LogP contribution in [0, 0.1) is 0 Å². The Balaban J connectivity index is 1.35. The van der Waals surface area contributed by atoms with Crippen molar-refractivity contribution in [1.82, 2.24) is 10.3 Å². The van der Waals surface area contributed by atoms with Crippen LogP contribution in [0.5, 0.6) is 0 Å². The van der Waals surface area contributed by atoms with Crippen molar-refractivity contribution in [3.63, 3.8) is 0 Å². The number of nitrogens with one attached hydrogen (secondary N) is 4. The number of rotatable bonds is 8. The molecule has 1 aliphatic rings. The first-order valence-corrected chi connectivity index (χ1v) is 12.5. The number of hydrazine groups is 1. The van der Waals surface area contributed by atoms with Crippen molar-refractivity contribution in [3.8, 4) is 0 Å². The second-order valence-electron chi connectivity index (χ2n) is 9.41. The summed E-state index contributed by atoms with van der Waals surface area (Å²) in [5.41, 5.74) is 6.58. The van der Waals surface area contributed by atoms with Gasteiger partial charge in [-0.05, 0) is 75.2 Å². The number of nitrogens with zero attached hydrogens (tertiary/aromatic N) is 2. The number of alkyl carbamates (subject to hydrolysis) is 1. The van der Waals surface area contributed by atoms with Gasteiger partial charge in [0.05, 0.1) is 0 Å². The van der Waals surface area contributed by atoms with Gasteiger partial charge in [-0.3, -0.25) is 0 Å². The van der Waals surface area contributed by atoms with Crippen molar-refractivity contribution in [2.45, 2.75) is 52.2 Å². The highest BCUT2D eigenvalue weighted by atomic mass is 32.1. The van der Waals surface area contributed by atoms with Gasteiger partial charge in [-0.25, -0.2) is 14.8 Å². The number of unbranched alkanes of at least 4 members (excludes halogenated alkanes) is 1. The molecule has 182 valence electrons. The van der Waals surface area contributed by atoms with Gasteiger partial charge in [0, 0.05) is 36.7 Å². The van der Waals surface area contributed by atoms with Crippen LogP contribution in [0.1, 0.15) is 44.1 Å². The van der Waals surface area contributed by atoms with Crippen LogP contribution < -0.4 is 31.8 Å². The topological polar surface area (TPSA) is 119 Å². The van der Waals surface area contributed by atoms with E-state index in [0.29, 0.717) is 24.7 Å². The molecule has 6 N–H and O–H groups in total. The fourth-order valence-corrected chi connectivity index (χ4v) is 4.84. The van der Waals surface area contributed by atoms with Crippen molar-refractivity contribution >= 4 is 45.8 Å². The van der Waals surface area contributed by atoms with Gasteiger partial charge in [-0.2, -0.15) is 11.3 Å². The second kappa shape index (κ2) is 10.4. The van der Waals surface area contributed by atoms with E-state index in [1.165, 1.54) is 10.4 Å². The van der Waals surface area contributed by atoms with Crippen molar-refractivity contribution < 1.29 is 14.5 Å². The zero-order valence-electron chi connectivity index (χ0n) is 20.0. The largest absolute Gasteiger partial charge is 0.444 e. The smallest absolute Gasteiger partial charge is 0.407 e. The van der Waals surface area contributed by atoms with Crippen LogP contribution >= 0.6 is 11.3 Å². The number of nitrogens with two attached hydrogens (primary N) is 1. The Hall–Kier alpha value is -3.11. The molecule has 0 atom stereocenters. The third-order valence-corrected chi connectivity index (χ3v) is 6.61. The molecular weight excluding hydrogens is 450 g/mol. The Labute approximate surface area is 204 Å². The molecule has 0 spiro atoms. The van der Waals surface area contributed by atoms with E-state index >= 15 is 0 Å². The molecule has 34 heavy (non-hydrogen) atoms. The molecule has 0 unspecified atom stereocenters. The van der Waals surface area contributed by atoms with E-state index in [1.807, 2.05) is 38.2 Å². The number of hydrogen-bond donors (Lipinski definition) is 4. The first kappa shape index (κ1) is 24.0. The second-order valence-corrected chi connectivity index (χ2v) is 10.4. The summed E-state index contributed by atoms with van der Waals surface area (Å²) in [6.07, 6.45) is 2.37. The summed E-state index contributed by atoms with van der Waals surface area (Å²) in [4.78, 5) is 23.8. The van der Waals surface area contributed by atoms with E-state index < -0.39 is 5.60 Å². The van der Waals surface area contributed by atoms with Gasteiger partial charge in [0.25, 0.3) is 0 Å². The van der Waals surface area contributed by atoms with Gasteiger partial charge in [0.2, 0.25) is 5.82 Å². The van der Waals surface area contributed by atoms with Gasteiger partial charge >= 0.3 is 11.9 Å². The monoisotopic (exact) mass is 484 g/mol. The van der Waals surface area contributed by atoms with Gasteiger partial charge in [0.1, 0.15) is 11.1 Å². The molecule has 3 heterocycles. The standard InChI is InChI=1S/C24H33N7O2S/c1-24(2,3)33-23(32)27-11-5-4-10-26-21-22(30-25)28-18-7-6-17(14-19(18)29-21)31-12-8-20-16(15-31)9-13-34-20/h6-7,9,13-14H,4-5,8,10-12,15,25H2,1-3H3,(H,26,29)(H,27,32)(H,28,30)/p+1. The number of fused-ring (bicyclic) bond motifs is 2. The predicted octanol–water partition coefficient (Wildman–Crippen LogP) is 3.68. The molecule has 2 aromatic heterocycles. The van der Waals surface area contributed by atoms with Gasteiger partial charge in [-0.15, -0.1) is 11.3 Å². The number of hydrogen-bond acceptors (Lipinski definition) is 8. The Bertz CT molecular complexity index is 1140. The lowest BCUT2D eigenvalue weighted by atomic mass is 10.1. The number of ether oxygens (including phenoxy) is 1. The fourth-order valence-electron chi connectivity index (χ4n) is 3.95. The SMILES string of the molecule is CC(C)(C)OC(=O)NCCCCNc1nc2cc(N3CCc4sccc4C3)ccc2[nH+]c1NN. The summed E-state index contributed by atoms with van der Waals surface area (Å²) in [7, 11) is 0. The Morgan fingerprint density at radius 2 is 2.09 bits per heavy atom. The highest BCUT2D eigenvalue weighted by molar-refractivity contribution is 7.10. The van der Waals surface area contributed by atoms with Crippen molar-refractivity contribution in [1.29, 1.82) is 0 Å². The maximum Gasteiger partial charge on any atom is 0.407 e. The lowest BCUT2D eigenvalue weighted by Crippen LogP contribution is -2.33. The Morgan fingerprint density at radius 1 is 1.26 bits per heavy atom. The van der Waals surface area contributed by atoms with Crippen LogP contribution in [0.4, 0.5) is 22.1 Å². The number of aromatic amines is 1. The minimum absolute atomic E-state index is 0.388. The van der Waals surface area contributed by atoms with E-state index in [-0.39, 0.29) is 6.09 Å². The molecule has 0 radical (unpaired) electrons. The third-order valence-electron chi connectivity index (χ3n) is 5.59.